The van der Waals surface area contributed by atoms with E-state index in [1.807, 2.05) is 0 Å². The van der Waals surface area contributed by atoms with Crippen LogP contribution >= 0.6 is 0 Å². The lowest BCUT2D eigenvalue weighted by atomic mass is 9.82. The van der Waals surface area contributed by atoms with E-state index in [0.717, 1.165) is 11.2 Å². The van der Waals surface area contributed by atoms with Crippen LogP contribution in [0.2, 0.25) is 0 Å². The highest BCUT2D eigenvalue weighted by Gasteiger charge is 2.22. The zero-order valence-electron chi connectivity index (χ0n) is 24.4. The first-order chi connectivity index (χ1) is 22.3. The van der Waals surface area contributed by atoms with Crippen LogP contribution in [0.1, 0.15) is 0 Å². The summed E-state index contributed by atoms with van der Waals surface area (Å²) in [5.74, 6) is 0. The molecular formula is C44H26O. The molecule has 0 atom stereocenters. The molecule has 45 heavy (non-hydrogen) atoms. The molecule has 0 amide bonds. The van der Waals surface area contributed by atoms with Crippen molar-refractivity contribution in [2.24, 2.45) is 0 Å². The van der Waals surface area contributed by atoms with Gasteiger partial charge in [0.05, 0.1) is 0 Å². The van der Waals surface area contributed by atoms with Crippen LogP contribution in [0.5, 0.6) is 0 Å². The van der Waals surface area contributed by atoms with E-state index in [1.165, 1.54) is 87.2 Å². The zero-order chi connectivity index (χ0) is 29.5. The van der Waals surface area contributed by atoms with E-state index < -0.39 is 0 Å². The van der Waals surface area contributed by atoms with Crippen molar-refractivity contribution in [2.45, 2.75) is 0 Å². The Morgan fingerprint density at radius 1 is 0.311 bits per heavy atom. The third kappa shape index (κ3) is 3.50. The molecule has 9 aromatic carbocycles. The molecule has 0 N–H and O–H groups in total. The van der Waals surface area contributed by atoms with Crippen LogP contribution in [0, 0.1) is 0 Å². The van der Waals surface area contributed by atoms with E-state index in [9.17, 15) is 0 Å². The Hall–Kier alpha value is -5.92. The minimum atomic E-state index is 0.940. The monoisotopic (exact) mass is 570 g/mol. The predicted molar refractivity (Wildman–Crippen MR) is 191 cm³/mol. The molecule has 1 heteroatoms. The fourth-order valence-corrected chi connectivity index (χ4v) is 7.68. The van der Waals surface area contributed by atoms with Crippen LogP contribution < -0.4 is 0 Å². The Balaban J connectivity index is 1.31. The molecule has 208 valence electrons. The lowest BCUT2D eigenvalue weighted by Crippen LogP contribution is -1.93. The van der Waals surface area contributed by atoms with Gasteiger partial charge in [-0.25, -0.2) is 0 Å². The molecule has 0 aliphatic heterocycles. The van der Waals surface area contributed by atoms with Gasteiger partial charge in [0.2, 0.25) is 0 Å². The quantitative estimate of drug-likeness (QED) is 0.152. The van der Waals surface area contributed by atoms with Crippen molar-refractivity contribution in [3.8, 4) is 33.4 Å². The van der Waals surface area contributed by atoms with Crippen molar-refractivity contribution in [3.05, 3.63) is 158 Å². The minimum absolute atomic E-state index is 0.940. The second-order valence-electron chi connectivity index (χ2n) is 12.0. The Morgan fingerprint density at radius 3 is 1.64 bits per heavy atom. The standard InChI is InChI=1S/C44H26O/c1-2-11-29-26-30(21-20-27(29)10-1)31-13-3-4-14-32(31)42-33-15-5-7-17-35(33)43(36-18-8-6-16-34(36)42)37-24-25-40-44-38(37)23-22-28-12-9-19-39(45-40)41(28)44/h1-26H. The third-order valence-electron chi connectivity index (χ3n) is 9.62. The largest absolute Gasteiger partial charge is 0.456 e. The van der Waals surface area contributed by atoms with Gasteiger partial charge in [-0.1, -0.05) is 133 Å². The fourth-order valence-electron chi connectivity index (χ4n) is 7.68. The maximum atomic E-state index is 6.34. The lowest BCUT2D eigenvalue weighted by Gasteiger charge is -2.20. The lowest BCUT2D eigenvalue weighted by molar-refractivity contribution is 0.669. The van der Waals surface area contributed by atoms with Crippen LogP contribution in [0.25, 0.3) is 98.4 Å². The van der Waals surface area contributed by atoms with Crippen LogP contribution in [0.4, 0.5) is 0 Å². The number of furan rings is 1. The first-order valence-electron chi connectivity index (χ1n) is 15.5. The van der Waals surface area contributed by atoms with Gasteiger partial charge in [-0.2, -0.15) is 0 Å². The Bertz CT molecular complexity index is 2700. The average molecular weight is 571 g/mol. The van der Waals surface area contributed by atoms with Crippen LogP contribution in [-0.4, -0.2) is 0 Å². The predicted octanol–water partition coefficient (Wildman–Crippen LogP) is 12.6. The van der Waals surface area contributed by atoms with Gasteiger partial charge in [0.15, 0.2) is 0 Å². The van der Waals surface area contributed by atoms with E-state index >= 15 is 0 Å². The summed E-state index contributed by atoms with van der Waals surface area (Å²) in [5, 5.41) is 12.4. The van der Waals surface area contributed by atoms with Crippen molar-refractivity contribution >= 4 is 65.0 Å². The summed E-state index contributed by atoms with van der Waals surface area (Å²) >= 11 is 0. The molecule has 0 aliphatic rings. The molecule has 10 rings (SSSR count). The van der Waals surface area contributed by atoms with Gasteiger partial charge in [-0.3, -0.25) is 0 Å². The van der Waals surface area contributed by atoms with Crippen molar-refractivity contribution in [1.82, 2.24) is 0 Å². The van der Waals surface area contributed by atoms with E-state index in [2.05, 4.69) is 158 Å². The Labute approximate surface area is 259 Å². The maximum Gasteiger partial charge on any atom is 0.136 e. The molecule has 0 saturated carbocycles. The number of fused-ring (bicyclic) bond motifs is 3. The summed E-state index contributed by atoms with van der Waals surface area (Å²) in [5.41, 5.74) is 9.37. The van der Waals surface area contributed by atoms with Crippen LogP contribution in [-0.2, 0) is 0 Å². The zero-order valence-corrected chi connectivity index (χ0v) is 24.4. The van der Waals surface area contributed by atoms with Gasteiger partial charge in [0, 0.05) is 10.8 Å². The summed E-state index contributed by atoms with van der Waals surface area (Å²) in [6.07, 6.45) is 0. The summed E-state index contributed by atoms with van der Waals surface area (Å²) in [4.78, 5) is 0. The molecule has 1 heterocycles. The van der Waals surface area contributed by atoms with E-state index in [4.69, 9.17) is 4.42 Å². The van der Waals surface area contributed by atoms with Gasteiger partial charge in [0.1, 0.15) is 11.2 Å². The van der Waals surface area contributed by atoms with Crippen LogP contribution in [0.15, 0.2) is 162 Å². The Morgan fingerprint density at radius 2 is 0.889 bits per heavy atom. The van der Waals surface area contributed by atoms with E-state index in [-0.39, 0.29) is 0 Å². The number of benzene rings is 9. The summed E-state index contributed by atoms with van der Waals surface area (Å²) in [6.45, 7) is 0. The number of hydrogen-bond acceptors (Lipinski definition) is 1. The van der Waals surface area contributed by atoms with E-state index in [0.29, 0.717) is 0 Å². The number of rotatable bonds is 3. The highest BCUT2D eigenvalue weighted by atomic mass is 16.3. The highest BCUT2D eigenvalue weighted by molar-refractivity contribution is 6.29. The van der Waals surface area contributed by atoms with Gasteiger partial charge in [-0.05, 0) is 101 Å². The molecule has 0 fully saturated rings. The minimum Gasteiger partial charge on any atom is -0.456 e. The van der Waals surface area contributed by atoms with Crippen molar-refractivity contribution in [2.75, 3.05) is 0 Å². The molecule has 0 spiro atoms. The van der Waals surface area contributed by atoms with Crippen molar-refractivity contribution in [1.29, 1.82) is 0 Å². The Kier molecular flexibility index (Phi) is 5.06. The fraction of sp³-hybridized carbons (Fsp3) is 0. The van der Waals surface area contributed by atoms with Crippen LogP contribution in [0.3, 0.4) is 0 Å². The summed E-state index contributed by atoms with van der Waals surface area (Å²) in [7, 11) is 0. The third-order valence-corrected chi connectivity index (χ3v) is 9.62. The molecular weight excluding hydrogens is 544 g/mol. The summed E-state index contributed by atoms with van der Waals surface area (Å²) < 4.78 is 6.34. The van der Waals surface area contributed by atoms with Crippen molar-refractivity contribution < 1.29 is 4.42 Å². The molecule has 10 aromatic rings. The molecule has 0 bridgehead atoms. The van der Waals surface area contributed by atoms with Gasteiger partial charge in [-0.15, -0.1) is 0 Å². The SMILES string of the molecule is c1ccc(-c2c3ccccc3c(-c3ccc4oc5cccc6ccc3c4c65)c3ccccc23)c(-c2ccc3ccccc3c2)c1. The van der Waals surface area contributed by atoms with Gasteiger partial charge in [0.25, 0.3) is 0 Å². The van der Waals surface area contributed by atoms with E-state index in [1.54, 1.807) is 0 Å². The maximum absolute atomic E-state index is 6.34. The normalized spacial score (nSPS) is 12.0. The summed E-state index contributed by atoms with van der Waals surface area (Å²) in [6, 6.07) is 57.4. The number of hydrogen-bond donors (Lipinski definition) is 0. The van der Waals surface area contributed by atoms with Gasteiger partial charge >= 0.3 is 0 Å². The molecule has 1 aromatic heterocycles. The smallest absolute Gasteiger partial charge is 0.136 e. The first-order valence-corrected chi connectivity index (χ1v) is 15.5. The molecule has 1 nitrogen and oxygen atoms in total. The molecule has 0 radical (unpaired) electrons. The second kappa shape index (κ2) is 9.29. The second-order valence-corrected chi connectivity index (χ2v) is 12.0. The topological polar surface area (TPSA) is 13.1 Å². The molecule has 0 aliphatic carbocycles. The molecule has 0 saturated heterocycles. The van der Waals surface area contributed by atoms with Gasteiger partial charge < -0.3 is 4.42 Å². The first kappa shape index (κ1) is 24.5. The van der Waals surface area contributed by atoms with Crippen molar-refractivity contribution in [3.63, 3.8) is 0 Å². The average Bonchev–Trinajstić information content (AvgIpc) is 3.49. The highest BCUT2D eigenvalue weighted by Crippen LogP contribution is 2.49. The molecule has 0 unspecified atom stereocenters.